The first-order valence-corrected chi connectivity index (χ1v) is 7.02. The van der Waals surface area contributed by atoms with Gasteiger partial charge in [-0.15, -0.1) is 0 Å². The van der Waals surface area contributed by atoms with Crippen molar-refractivity contribution in [1.82, 2.24) is 4.90 Å². The van der Waals surface area contributed by atoms with Crippen molar-refractivity contribution in [2.45, 2.75) is 32.2 Å². The fourth-order valence-electron chi connectivity index (χ4n) is 2.66. The van der Waals surface area contributed by atoms with Gasteiger partial charge in [0.1, 0.15) is 0 Å². The van der Waals surface area contributed by atoms with E-state index < -0.39 is 6.04 Å². The largest absolute Gasteiger partial charge is 0.504 e. The fraction of sp³-hybridized carbons (Fsp3) is 0.533. The minimum atomic E-state index is -0.607. The average molecular weight is 278 g/mol. The lowest BCUT2D eigenvalue weighted by atomic mass is 9.98. The zero-order valence-electron chi connectivity index (χ0n) is 11.7. The Morgan fingerprint density at radius 3 is 2.85 bits per heavy atom. The van der Waals surface area contributed by atoms with Crippen LogP contribution in [-0.4, -0.2) is 40.2 Å². The second-order valence-electron chi connectivity index (χ2n) is 5.67. The third kappa shape index (κ3) is 3.42. The summed E-state index contributed by atoms with van der Waals surface area (Å²) in [5.41, 5.74) is 6.72. The monoisotopic (exact) mass is 278 g/mol. The highest BCUT2D eigenvalue weighted by Gasteiger charge is 2.25. The summed E-state index contributed by atoms with van der Waals surface area (Å²) in [7, 11) is 0. The number of piperidine rings is 1. The molecule has 2 rings (SSSR count). The lowest BCUT2D eigenvalue weighted by Crippen LogP contribution is -2.48. The van der Waals surface area contributed by atoms with Crippen LogP contribution in [0.3, 0.4) is 0 Å². The molecule has 20 heavy (non-hydrogen) atoms. The Labute approximate surface area is 119 Å². The summed E-state index contributed by atoms with van der Waals surface area (Å²) < 4.78 is 0. The Morgan fingerprint density at radius 2 is 2.20 bits per heavy atom. The summed E-state index contributed by atoms with van der Waals surface area (Å²) in [6, 6.07) is 3.91. The summed E-state index contributed by atoms with van der Waals surface area (Å²) in [4.78, 5) is 14.1. The maximum absolute atomic E-state index is 12.3. The summed E-state index contributed by atoms with van der Waals surface area (Å²) in [6.45, 7) is 3.69. The second kappa shape index (κ2) is 6.13. The number of phenols is 2. The molecule has 1 unspecified atom stereocenters. The number of nitrogens with zero attached hydrogens (tertiary/aromatic N) is 1. The van der Waals surface area contributed by atoms with E-state index >= 15 is 0 Å². The number of amides is 1. The third-order valence-electron chi connectivity index (χ3n) is 3.78. The van der Waals surface area contributed by atoms with Gasteiger partial charge in [-0.05, 0) is 42.9 Å². The summed E-state index contributed by atoms with van der Waals surface area (Å²) in [5, 5.41) is 18.7. The maximum atomic E-state index is 12.3. The van der Waals surface area contributed by atoms with Gasteiger partial charge in [0, 0.05) is 13.1 Å². The van der Waals surface area contributed by atoms with Gasteiger partial charge in [0.2, 0.25) is 5.91 Å². The van der Waals surface area contributed by atoms with E-state index in [1.807, 2.05) is 4.90 Å². The molecule has 2 atom stereocenters. The molecule has 1 aromatic rings. The molecular formula is C15H22N2O3. The highest BCUT2D eigenvalue weighted by molar-refractivity contribution is 5.82. The zero-order valence-corrected chi connectivity index (χ0v) is 11.7. The number of carbonyl (C=O) groups is 1. The Morgan fingerprint density at radius 1 is 1.45 bits per heavy atom. The fourth-order valence-corrected chi connectivity index (χ4v) is 2.66. The molecule has 0 aromatic heterocycles. The number of nitrogens with two attached hydrogens (primary N) is 1. The first kappa shape index (κ1) is 14.7. The number of phenolic OH excluding ortho intramolecular Hbond substituents is 2. The highest BCUT2D eigenvalue weighted by Crippen LogP contribution is 2.25. The Bertz CT molecular complexity index is 490. The Balaban J connectivity index is 1.98. The van der Waals surface area contributed by atoms with Crippen molar-refractivity contribution in [3.8, 4) is 11.5 Å². The highest BCUT2D eigenvalue weighted by atomic mass is 16.3. The lowest BCUT2D eigenvalue weighted by Gasteiger charge is -2.32. The number of benzene rings is 1. The molecule has 0 radical (unpaired) electrons. The summed E-state index contributed by atoms with van der Waals surface area (Å²) in [6.07, 6.45) is 2.54. The van der Waals surface area contributed by atoms with Gasteiger partial charge in [0.05, 0.1) is 6.04 Å². The minimum Gasteiger partial charge on any atom is -0.504 e. The van der Waals surface area contributed by atoms with Gasteiger partial charge in [0.15, 0.2) is 11.5 Å². The van der Waals surface area contributed by atoms with Gasteiger partial charge in [-0.3, -0.25) is 4.79 Å². The molecule has 0 spiro atoms. The Hall–Kier alpha value is -1.75. The van der Waals surface area contributed by atoms with Crippen LogP contribution >= 0.6 is 0 Å². The molecule has 4 N–H and O–H groups in total. The average Bonchev–Trinajstić information content (AvgIpc) is 2.42. The van der Waals surface area contributed by atoms with Crippen LogP contribution in [0.1, 0.15) is 25.3 Å². The molecule has 0 bridgehead atoms. The summed E-state index contributed by atoms with van der Waals surface area (Å²) in [5.74, 6) is 0.133. The Kier molecular flexibility index (Phi) is 4.49. The standard InChI is InChI=1S/C15H22N2O3/c1-10-3-2-6-17(9-10)15(20)12(16)7-11-4-5-13(18)14(19)8-11/h4-5,8,10,12,18-19H,2-3,6-7,9,16H2,1H3/t10?,12-/m0/s1. The second-order valence-corrected chi connectivity index (χ2v) is 5.67. The molecule has 0 saturated carbocycles. The lowest BCUT2D eigenvalue weighted by molar-refractivity contribution is -0.134. The topological polar surface area (TPSA) is 86.8 Å². The van der Waals surface area contributed by atoms with Crippen LogP contribution in [-0.2, 0) is 11.2 Å². The summed E-state index contributed by atoms with van der Waals surface area (Å²) >= 11 is 0. The molecule has 1 saturated heterocycles. The van der Waals surface area contributed by atoms with Crippen molar-refractivity contribution in [2.75, 3.05) is 13.1 Å². The maximum Gasteiger partial charge on any atom is 0.239 e. The van der Waals surface area contributed by atoms with E-state index in [2.05, 4.69) is 6.92 Å². The minimum absolute atomic E-state index is 0.0379. The van der Waals surface area contributed by atoms with E-state index in [-0.39, 0.29) is 17.4 Å². The smallest absolute Gasteiger partial charge is 0.239 e. The molecule has 110 valence electrons. The van der Waals surface area contributed by atoms with Crippen LogP contribution in [0.25, 0.3) is 0 Å². The predicted molar refractivity (Wildman–Crippen MR) is 76.4 cm³/mol. The first-order chi connectivity index (χ1) is 9.47. The molecule has 5 heteroatoms. The van der Waals surface area contributed by atoms with Gasteiger partial charge in [-0.25, -0.2) is 0 Å². The molecule has 1 amide bonds. The molecule has 1 heterocycles. The van der Waals surface area contributed by atoms with E-state index in [0.29, 0.717) is 12.3 Å². The molecule has 5 nitrogen and oxygen atoms in total. The van der Waals surface area contributed by atoms with Crippen molar-refractivity contribution >= 4 is 5.91 Å². The van der Waals surface area contributed by atoms with Gasteiger partial charge in [0.25, 0.3) is 0 Å². The van der Waals surface area contributed by atoms with Gasteiger partial charge in [-0.1, -0.05) is 13.0 Å². The van der Waals surface area contributed by atoms with Gasteiger partial charge < -0.3 is 20.8 Å². The van der Waals surface area contributed by atoms with Gasteiger partial charge in [-0.2, -0.15) is 0 Å². The molecule has 1 aliphatic rings. The van der Waals surface area contributed by atoms with Crippen molar-refractivity contribution in [3.63, 3.8) is 0 Å². The van der Waals surface area contributed by atoms with Crippen molar-refractivity contribution in [2.24, 2.45) is 11.7 Å². The number of carbonyl (C=O) groups excluding carboxylic acids is 1. The number of hydrogen-bond acceptors (Lipinski definition) is 4. The zero-order chi connectivity index (χ0) is 14.7. The molecular weight excluding hydrogens is 256 g/mol. The van der Waals surface area contributed by atoms with E-state index in [4.69, 9.17) is 5.73 Å². The van der Waals surface area contributed by atoms with Crippen LogP contribution in [0.4, 0.5) is 0 Å². The molecule has 1 aliphatic heterocycles. The van der Waals surface area contributed by atoms with Crippen molar-refractivity contribution < 1.29 is 15.0 Å². The molecule has 0 aliphatic carbocycles. The van der Waals surface area contributed by atoms with Crippen LogP contribution in [0.5, 0.6) is 11.5 Å². The van der Waals surface area contributed by atoms with Crippen molar-refractivity contribution in [1.29, 1.82) is 0 Å². The molecule has 1 aromatic carbocycles. The van der Waals surface area contributed by atoms with Crippen LogP contribution in [0.15, 0.2) is 18.2 Å². The van der Waals surface area contributed by atoms with E-state index in [0.717, 1.165) is 31.5 Å². The number of aromatic hydroxyl groups is 2. The first-order valence-electron chi connectivity index (χ1n) is 7.02. The normalized spacial score (nSPS) is 20.7. The van der Waals surface area contributed by atoms with Crippen molar-refractivity contribution in [3.05, 3.63) is 23.8 Å². The van der Waals surface area contributed by atoms with Crippen LogP contribution in [0, 0.1) is 5.92 Å². The number of hydrogen-bond donors (Lipinski definition) is 3. The SMILES string of the molecule is CC1CCCN(C(=O)[C@@H](N)Cc2ccc(O)c(O)c2)C1. The molecule has 1 fully saturated rings. The third-order valence-corrected chi connectivity index (χ3v) is 3.78. The van der Waals surface area contributed by atoms with E-state index in [9.17, 15) is 15.0 Å². The number of likely N-dealkylation sites (tertiary alicyclic amines) is 1. The predicted octanol–water partition coefficient (Wildman–Crippen LogP) is 1.23. The van der Waals surface area contributed by atoms with Crippen LogP contribution < -0.4 is 5.73 Å². The van der Waals surface area contributed by atoms with E-state index in [1.165, 1.54) is 12.1 Å². The number of rotatable bonds is 3. The van der Waals surface area contributed by atoms with Gasteiger partial charge >= 0.3 is 0 Å². The quantitative estimate of drug-likeness (QED) is 0.726. The van der Waals surface area contributed by atoms with Crippen LogP contribution in [0.2, 0.25) is 0 Å². The van der Waals surface area contributed by atoms with E-state index in [1.54, 1.807) is 6.07 Å².